The highest BCUT2D eigenvalue weighted by molar-refractivity contribution is 6.44. The van der Waals surface area contributed by atoms with Crippen LogP contribution in [0.5, 0.6) is 0 Å². The Hall–Kier alpha value is -0.970. The number of hydrogen-bond donors (Lipinski definition) is 3. The average molecular weight is 305 g/mol. The van der Waals surface area contributed by atoms with Gasteiger partial charge in [0.2, 0.25) is 0 Å². The maximum Gasteiger partial charge on any atom is 0.252 e. The van der Waals surface area contributed by atoms with Gasteiger partial charge in [-0.3, -0.25) is 4.79 Å². The Balaban J connectivity index is 2.80. The number of rotatable bonds is 5. The summed E-state index contributed by atoms with van der Waals surface area (Å²) in [7, 11) is 0. The molecule has 0 aliphatic carbocycles. The molecule has 4 nitrogen and oxygen atoms in total. The van der Waals surface area contributed by atoms with Gasteiger partial charge in [0.05, 0.1) is 15.6 Å². The van der Waals surface area contributed by atoms with E-state index in [1.165, 1.54) is 12.1 Å². The van der Waals surface area contributed by atoms with Gasteiger partial charge in [-0.05, 0) is 24.0 Å². The summed E-state index contributed by atoms with van der Waals surface area (Å²) < 4.78 is 0. The van der Waals surface area contributed by atoms with Crippen molar-refractivity contribution in [2.24, 2.45) is 5.41 Å². The van der Waals surface area contributed by atoms with Crippen LogP contribution >= 0.6 is 23.2 Å². The van der Waals surface area contributed by atoms with Crippen LogP contribution in [0.2, 0.25) is 10.0 Å². The first-order chi connectivity index (χ1) is 8.76. The van der Waals surface area contributed by atoms with Crippen LogP contribution < -0.4 is 11.1 Å². The number of hydrogen-bond acceptors (Lipinski definition) is 3. The molecule has 1 aromatic carbocycles. The molecule has 0 bridgehead atoms. The molecule has 0 spiro atoms. The summed E-state index contributed by atoms with van der Waals surface area (Å²) >= 11 is 11.9. The minimum atomic E-state index is -0.329. The van der Waals surface area contributed by atoms with E-state index in [2.05, 4.69) is 5.32 Å². The van der Waals surface area contributed by atoms with E-state index in [-0.39, 0.29) is 33.5 Å². The Morgan fingerprint density at radius 1 is 1.42 bits per heavy atom. The third-order valence-electron chi connectivity index (χ3n) is 2.81. The van der Waals surface area contributed by atoms with Gasteiger partial charge < -0.3 is 16.2 Å². The molecule has 4 N–H and O–H groups in total. The van der Waals surface area contributed by atoms with Crippen LogP contribution in [0.3, 0.4) is 0 Å². The molecule has 0 radical (unpaired) electrons. The number of benzene rings is 1. The minimum absolute atomic E-state index is 0.0771. The standard InChI is InChI=1S/C13H18Cl2N2O2/c1-13(2,3-4-18)7-17-12(19)9-5-8(16)6-10(14)11(9)15/h5-6,18H,3-4,7,16H2,1-2H3,(H,17,19). The quantitative estimate of drug-likeness (QED) is 0.732. The Labute approximate surface area is 122 Å². The molecule has 6 heteroatoms. The van der Waals surface area contributed by atoms with Crippen LogP contribution in [0.15, 0.2) is 12.1 Å². The van der Waals surface area contributed by atoms with Gasteiger partial charge in [-0.1, -0.05) is 37.0 Å². The molecule has 1 rings (SSSR count). The average Bonchev–Trinajstić information content (AvgIpc) is 2.31. The van der Waals surface area contributed by atoms with Crippen LogP contribution in [0, 0.1) is 5.41 Å². The molecule has 19 heavy (non-hydrogen) atoms. The molecule has 0 saturated heterocycles. The van der Waals surface area contributed by atoms with Gasteiger partial charge in [-0.25, -0.2) is 0 Å². The zero-order chi connectivity index (χ0) is 14.6. The van der Waals surface area contributed by atoms with Crippen molar-refractivity contribution in [1.82, 2.24) is 5.32 Å². The van der Waals surface area contributed by atoms with E-state index >= 15 is 0 Å². The monoisotopic (exact) mass is 304 g/mol. The van der Waals surface area contributed by atoms with Crippen LogP contribution in [0.25, 0.3) is 0 Å². The molecule has 106 valence electrons. The number of nitrogen functional groups attached to an aromatic ring is 1. The molecule has 0 atom stereocenters. The third-order valence-corrected chi connectivity index (χ3v) is 3.61. The maximum absolute atomic E-state index is 12.0. The zero-order valence-electron chi connectivity index (χ0n) is 11.0. The summed E-state index contributed by atoms with van der Waals surface area (Å²) in [6.07, 6.45) is 0.596. The first-order valence-electron chi connectivity index (χ1n) is 5.90. The second kappa shape index (κ2) is 6.46. The lowest BCUT2D eigenvalue weighted by Crippen LogP contribution is -2.34. The van der Waals surface area contributed by atoms with Crippen LogP contribution in [0.4, 0.5) is 5.69 Å². The highest BCUT2D eigenvalue weighted by atomic mass is 35.5. The van der Waals surface area contributed by atoms with Crippen molar-refractivity contribution in [2.45, 2.75) is 20.3 Å². The summed E-state index contributed by atoms with van der Waals surface area (Å²) in [5, 5.41) is 12.1. The van der Waals surface area contributed by atoms with Gasteiger partial charge >= 0.3 is 0 Å². The van der Waals surface area contributed by atoms with Crippen LogP contribution in [-0.2, 0) is 0 Å². The molecule has 1 aromatic rings. The van der Waals surface area contributed by atoms with Crippen molar-refractivity contribution in [1.29, 1.82) is 0 Å². The molecular formula is C13H18Cl2N2O2. The van der Waals surface area contributed by atoms with Gasteiger partial charge in [-0.2, -0.15) is 0 Å². The Morgan fingerprint density at radius 3 is 2.63 bits per heavy atom. The topological polar surface area (TPSA) is 75.3 Å². The predicted octanol–water partition coefficient (Wildman–Crippen LogP) is 2.71. The highest BCUT2D eigenvalue weighted by Gasteiger charge is 2.20. The maximum atomic E-state index is 12.0. The fourth-order valence-electron chi connectivity index (χ4n) is 1.58. The minimum Gasteiger partial charge on any atom is -0.399 e. The predicted molar refractivity (Wildman–Crippen MR) is 78.7 cm³/mol. The number of nitrogens with one attached hydrogen (secondary N) is 1. The molecule has 1 amide bonds. The van der Waals surface area contributed by atoms with E-state index < -0.39 is 0 Å². The molecule has 0 saturated carbocycles. The van der Waals surface area contributed by atoms with Gasteiger partial charge in [0.1, 0.15) is 0 Å². The van der Waals surface area contributed by atoms with Gasteiger partial charge in [0, 0.05) is 18.8 Å². The Kier molecular flexibility index (Phi) is 5.47. The summed E-state index contributed by atoms with van der Waals surface area (Å²) in [6, 6.07) is 2.99. The molecule has 0 aliphatic rings. The number of anilines is 1. The lowest BCUT2D eigenvalue weighted by Gasteiger charge is -2.24. The zero-order valence-corrected chi connectivity index (χ0v) is 12.5. The lowest BCUT2D eigenvalue weighted by atomic mass is 9.89. The van der Waals surface area contributed by atoms with Crippen molar-refractivity contribution < 1.29 is 9.90 Å². The fraction of sp³-hybridized carbons (Fsp3) is 0.462. The van der Waals surface area contributed by atoms with E-state index in [9.17, 15) is 4.79 Å². The van der Waals surface area contributed by atoms with E-state index in [1.807, 2.05) is 13.8 Å². The highest BCUT2D eigenvalue weighted by Crippen LogP contribution is 2.29. The van der Waals surface area contributed by atoms with Crippen molar-refractivity contribution in [3.8, 4) is 0 Å². The number of nitrogens with two attached hydrogens (primary N) is 1. The number of halogens is 2. The van der Waals surface area contributed by atoms with E-state index in [0.29, 0.717) is 18.7 Å². The first-order valence-corrected chi connectivity index (χ1v) is 6.66. The second-order valence-corrected chi connectivity index (χ2v) is 5.97. The number of amides is 1. The summed E-state index contributed by atoms with van der Waals surface area (Å²) in [5.74, 6) is -0.329. The van der Waals surface area contributed by atoms with E-state index in [4.69, 9.17) is 34.0 Å². The molecular weight excluding hydrogens is 287 g/mol. The largest absolute Gasteiger partial charge is 0.399 e. The summed E-state index contributed by atoms with van der Waals surface area (Å²) in [5.41, 5.74) is 6.09. The van der Waals surface area contributed by atoms with Crippen LogP contribution in [-0.4, -0.2) is 24.2 Å². The van der Waals surface area contributed by atoms with Crippen molar-refractivity contribution in [3.05, 3.63) is 27.7 Å². The van der Waals surface area contributed by atoms with Crippen molar-refractivity contribution in [2.75, 3.05) is 18.9 Å². The molecule has 0 unspecified atom stereocenters. The smallest absolute Gasteiger partial charge is 0.252 e. The summed E-state index contributed by atoms with van der Waals surface area (Å²) in [4.78, 5) is 12.0. The fourth-order valence-corrected chi connectivity index (χ4v) is 2.00. The summed E-state index contributed by atoms with van der Waals surface area (Å²) in [6.45, 7) is 4.41. The van der Waals surface area contributed by atoms with Gasteiger partial charge in [0.25, 0.3) is 5.91 Å². The Morgan fingerprint density at radius 2 is 2.05 bits per heavy atom. The van der Waals surface area contributed by atoms with Crippen molar-refractivity contribution >= 4 is 34.8 Å². The molecule has 0 aromatic heterocycles. The van der Waals surface area contributed by atoms with Gasteiger partial charge in [0.15, 0.2) is 0 Å². The third kappa shape index (κ3) is 4.56. The number of aliphatic hydroxyl groups is 1. The van der Waals surface area contributed by atoms with E-state index in [0.717, 1.165) is 0 Å². The normalized spacial score (nSPS) is 11.4. The molecule has 0 fully saturated rings. The lowest BCUT2D eigenvalue weighted by molar-refractivity contribution is 0.0928. The van der Waals surface area contributed by atoms with E-state index in [1.54, 1.807) is 0 Å². The molecule has 0 heterocycles. The first kappa shape index (κ1) is 16.1. The van der Waals surface area contributed by atoms with Crippen molar-refractivity contribution in [3.63, 3.8) is 0 Å². The Bertz CT molecular complexity index is 476. The van der Waals surface area contributed by atoms with Crippen LogP contribution in [0.1, 0.15) is 30.6 Å². The number of carbonyl (C=O) groups is 1. The molecule has 0 aliphatic heterocycles. The second-order valence-electron chi connectivity index (χ2n) is 5.18. The SMILES string of the molecule is CC(C)(CCO)CNC(=O)c1cc(N)cc(Cl)c1Cl. The number of carbonyl (C=O) groups excluding carboxylic acids is 1. The van der Waals surface area contributed by atoms with Gasteiger partial charge in [-0.15, -0.1) is 0 Å². The number of aliphatic hydroxyl groups excluding tert-OH is 1.